The van der Waals surface area contributed by atoms with Crippen LogP contribution in [0.5, 0.6) is 0 Å². The van der Waals surface area contributed by atoms with Crippen molar-refractivity contribution < 1.29 is 27.6 Å². The lowest BCUT2D eigenvalue weighted by Crippen LogP contribution is -2.35. The number of nitrogens with zero attached hydrogens (tertiary/aromatic N) is 2. The van der Waals surface area contributed by atoms with E-state index >= 15 is 0 Å². The van der Waals surface area contributed by atoms with Crippen molar-refractivity contribution in [1.82, 2.24) is 20.2 Å². The fourth-order valence-corrected chi connectivity index (χ4v) is 5.05. The molecule has 4 N–H and O–H groups in total. The molecule has 2 aromatic carbocycles. The van der Waals surface area contributed by atoms with Crippen molar-refractivity contribution in [3.8, 4) is 11.1 Å². The molecular formula is C33H32F3N5O3. The van der Waals surface area contributed by atoms with Crippen LogP contribution in [0, 0.1) is 17.5 Å². The molecule has 0 unspecified atom stereocenters. The van der Waals surface area contributed by atoms with Gasteiger partial charge < -0.3 is 20.9 Å². The molecule has 2 aromatic heterocycles. The summed E-state index contributed by atoms with van der Waals surface area (Å²) >= 11 is 0. The molecule has 0 saturated heterocycles. The topological polar surface area (TPSA) is 119 Å². The van der Waals surface area contributed by atoms with Crippen LogP contribution >= 0.6 is 0 Å². The molecule has 0 bridgehead atoms. The van der Waals surface area contributed by atoms with Crippen LogP contribution in [0.25, 0.3) is 11.1 Å². The highest BCUT2D eigenvalue weighted by Crippen LogP contribution is 2.30. The highest BCUT2D eigenvalue weighted by atomic mass is 19.1. The predicted molar refractivity (Wildman–Crippen MR) is 158 cm³/mol. The van der Waals surface area contributed by atoms with Gasteiger partial charge in [0.15, 0.2) is 0 Å². The van der Waals surface area contributed by atoms with Gasteiger partial charge in [0, 0.05) is 30.1 Å². The van der Waals surface area contributed by atoms with Crippen molar-refractivity contribution in [1.29, 1.82) is 0 Å². The van der Waals surface area contributed by atoms with Crippen LogP contribution in [-0.4, -0.2) is 33.3 Å². The Morgan fingerprint density at radius 1 is 1.02 bits per heavy atom. The van der Waals surface area contributed by atoms with Crippen LogP contribution in [0.1, 0.15) is 76.3 Å². The van der Waals surface area contributed by atoms with Gasteiger partial charge in [0.2, 0.25) is 5.91 Å². The third-order valence-corrected chi connectivity index (χ3v) is 7.45. The Bertz CT molecular complexity index is 1710. The van der Waals surface area contributed by atoms with Crippen molar-refractivity contribution >= 4 is 17.7 Å². The molecule has 1 aliphatic rings. The summed E-state index contributed by atoms with van der Waals surface area (Å²) in [5, 5.41) is 5.88. The van der Waals surface area contributed by atoms with E-state index < -0.39 is 35.3 Å². The Labute approximate surface area is 252 Å². The normalized spacial score (nSPS) is 13.5. The minimum atomic E-state index is -0.955. The molecule has 1 atom stereocenters. The van der Waals surface area contributed by atoms with Gasteiger partial charge >= 0.3 is 0 Å². The van der Waals surface area contributed by atoms with Crippen LogP contribution in [0.2, 0.25) is 0 Å². The zero-order valence-electron chi connectivity index (χ0n) is 24.2. The average Bonchev–Trinajstić information content (AvgIpc) is 3.67. The highest BCUT2D eigenvalue weighted by molar-refractivity contribution is 5.95. The van der Waals surface area contributed by atoms with Gasteiger partial charge in [-0.1, -0.05) is 26.0 Å². The van der Waals surface area contributed by atoms with Gasteiger partial charge in [-0.3, -0.25) is 19.4 Å². The van der Waals surface area contributed by atoms with E-state index in [9.17, 15) is 27.6 Å². The molecule has 1 fully saturated rings. The third kappa shape index (κ3) is 7.16. The lowest BCUT2D eigenvalue weighted by atomic mass is 9.94. The van der Waals surface area contributed by atoms with Crippen LogP contribution in [0.3, 0.4) is 0 Å². The molecule has 44 heavy (non-hydrogen) atoms. The van der Waals surface area contributed by atoms with Crippen molar-refractivity contribution in [2.75, 3.05) is 0 Å². The van der Waals surface area contributed by atoms with E-state index in [1.807, 2.05) is 13.8 Å². The second-order valence-corrected chi connectivity index (χ2v) is 11.3. The van der Waals surface area contributed by atoms with Crippen LogP contribution in [0.4, 0.5) is 13.2 Å². The van der Waals surface area contributed by atoms with Gasteiger partial charge in [0.1, 0.15) is 29.7 Å². The number of amides is 3. The van der Waals surface area contributed by atoms with Crippen molar-refractivity contribution in [3.63, 3.8) is 0 Å². The Hall–Kier alpha value is -4.93. The first-order valence-corrected chi connectivity index (χ1v) is 14.3. The summed E-state index contributed by atoms with van der Waals surface area (Å²) in [6, 6.07) is 11.2. The summed E-state index contributed by atoms with van der Waals surface area (Å²) in [5.74, 6) is -3.95. The number of hydrogen-bond donors (Lipinski definition) is 3. The SMILES string of the molecule is CC(C)c1cc(C(=O)NC2CC2)n(CC(=O)N[C@@H](Cc2cc(F)cc(F)c2)c2ncccc2-c2ccc(F)c(C(N)=O)c2)c1. The molecule has 11 heteroatoms. The quantitative estimate of drug-likeness (QED) is 0.219. The van der Waals surface area contributed by atoms with E-state index in [0.717, 1.165) is 42.7 Å². The Balaban J connectivity index is 1.50. The molecule has 5 rings (SSSR count). The molecule has 0 radical (unpaired) electrons. The molecule has 1 saturated carbocycles. The molecular weight excluding hydrogens is 571 g/mol. The number of hydrogen-bond acceptors (Lipinski definition) is 4. The fourth-order valence-electron chi connectivity index (χ4n) is 5.05. The fraction of sp³-hybridized carbons (Fsp3) is 0.273. The van der Waals surface area contributed by atoms with E-state index in [-0.39, 0.29) is 42.0 Å². The van der Waals surface area contributed by atoms with E-state index in [1.165, 1.54) is 18.3 Å². The van der Waals surface area contributed by atoms with Gasteiger partial charge in [0.05, 0.1) is 17.3 Å². The van der Waals surface area contributed by atoms with E-state index in [0.29, 0.717) is 22.5 Å². The lowest BCUT2D eigenvalue weighted by Gasteiger charge is -2.22. The Morgan fingerprint density at radius 2 is 1.75 bits per heavy atom. The van der Waals surface area contributed by atoms with E-state index in [2.05, 4.69) is 15.6 Å². The van der Waals surface area contributed by atoms with Crippen LogP contribution < -0.4 is 16.4 Å². The van der Waals surface area contributed by atoms with Crippen LogP contribution in [0.15, 0.2) is 67.0 Å². The third-order valence-electron chi connectivity index (χ3n) is 7.45. The van der Waals surface area contributed by atoms with E-state index in [4.69, 9.17) is 5.73 Å². The van der Waals surface area contributed by atoms with Crippen molar-refractivity contribution in [2.45, 2.75) is 57.7 Å². The number of aromatic nitrogens is 2. The zero-order chi connectivity index (χ0) is 31.5. The maximum atomic E-state index is 14.3. The second kappa shape index (κ2) is 12.7. The molecule has 0 aliphatic heterocycles. The maximum Gasteiger partial charge on any atom is 0.268 e. The number of rotatable bonds is 11. The van der Waals surface area contributed by atoms with Gasteiger partial charge in [-0.15, -0.1) is 0 Å². The Kier molecular flexibility index (Phi) is 8.84. The molecule has 228 valence electrons. The van der Waals surface area contributed by atoms with Crippen molar-refractivity contribution in [3.05, 3.63) is 113 Å². The maximum absolute atomic E-state index is 14.3. The average molecular weight is 604 g/mol. The van der Waals surface area contributed by atoms with Crippen molar-refractivity contribution in [2.24, 2.45) is 5.73 Å². The number of nitrogens with two attached hydrogens (primary N) is 1. The predicted octanol–water partition coefficient (Wildman–Crippen LogP) is 5.18. The first-order valence-electron chi connectivity index (χ1n) is 14.3. The molecule has 8 nitrogen and oxygen atoms in total. The minimum Gasteiger partial charge on any atom is -0.366 e. The highest BCUT2D eigenvalue weighted by Gasteiger charge is 2.27. The van der Waals surface area contributed by atoms with E-state index in [1.54, 1.807) is 29.0 Å². The second-order valence-electron chi connectivity index (χ2n) is 11.3. The Morgan fingerprint density at radius 3 is 2.41 bits per heavy atom. The monoisotopic (exact) mass is 603 g/mol. The standard InChI is InChI=1S/C33H32F3N5O3/c1-18(2)21-14-29(33(44)39-24-6-7-24)41(16-21)17-30(42)40-28(12-19-10-22(34)15-23(35)11-19)31-25(4-3-9-38-31)20-5-8-27(36)26(13-20)32(37)43/h3-5,8-11,13-16,18,24,28H,6-7,12,17H2,1-2H3,(H2,37,43)(H,39,44)(H,40,42)/t28-/m0/s1. The molecule has 3 amide bonds. The largest absolute Gasteiger partial charge is 0.366 e. The lowest BCUT2D eigenvalue weighted by molar-refractivity contribution is -0.122. The number of carbonyl (C=O) groups is 3. The summed E-state index contributed by atoms with van der Waals surface area (Å²) in [4.78, 5) is 42.9. The van der Waals surface area contributed by atoms with Crippen LogP contribution in [-0.2, 0) is 17.8 Å². The number of pyridine rings is 1. The molecule has 2 heterocycles. The number of halogens is 3. The summed E-state index contributed by atoms with van der Waals surface area (Å²) in [6.45, 7) is 3.76. The minimum absolute atomic E-state index is 0.0494. The smallest absolute Gasteiger partial charge is 0.268 e. The van der Waals surface area contributed by atoms with Gasteiger partial charge in [-0.05, 0) is 78.3 Å². The first-order chi connectivity index (χ1) is 21.0. The van der Waals surface area contributed by atoms with Gasteiger partial charge in [-0.25, -0.2) is 13.2 Å². The summed E-state index contributed by atoms with van der Waals surface area (Å²) in [5.41, 5.74) is 7.70. The number of carbonyl (C=O) groups excluding carboxylic acids is 3. The van der Waals surface area contributed by atoms with Gasteiger partial charge in [0.25, 0.3) is 11.8 Å². The van der Waals surface area contributed by atoms with Gasteiger partial charge in [-0.2, -0.15) is 0 Å². The molecule has 0 spiro atoms. The summed E-state index contributed by atoms with van der Waals surface area (Å²) < 4.78 is 44.2. The molecule has 1 aliphatic carbocycles. The number of primary amides is 1. The number of nitrogens with one attached hydrogen (secondary N) is 2. The number of benzene rings is 2. The summed E-state index contributed by atoms with van der Waals surface area (Å²) in [7, 11) is 0. The zero-order valence-corrected chi connectivity index (χ0v) is 24.2. The molecule has 4 aromatic rings. The first kappa shape index (κ1) is 30.5. The summed E-state index contributed by atoms with van der Waals surface area (Å²) in [6.07, 6.45) is 5.02.